The first kappa shape index (κ1) is 9.01. The predicted molar refractivity (Wildman–Crippen MR) is 42.6 cm³/mol. The Kier molecular flexibility index (Phi) is 1.75. The van der Waals surface area contributed by atoms with Crippen molar-refractivity contribution in [2.45, 2.75) is 13.2 Å². The molecule has 2 rings (SSSR count). The van der Waals surface area contributed by atoms with Gasteiger partial charge < -0.3 is 14.9 Å². The second kappa shape index (κ2) is 2.71. The third-order valence-corrected chi connectivity index (χ3v) is 2.42. The Morgan fingerprint density at radius 2 is 2.29 bits per heavy atom. The number of carboxylic acids is 1. The normalized spacial score (nSPS) is 29.9. The highest BCUT2D eigenvalue weighted by Gasteiger charge is 2.56. The maximum Gasteiger partial charge on any atom is 0.356 e. The van der Waals surface area contributed by atoms with Crippen LogP contribution < -0.4 is 0 Å². The van der Waals surface area contributed by atoms with E-state index in [1.807, 2.05) is 0 Å². The van der Waals surface area contributed by atoms with Crippen molar-refractivity contribution in [2.75, 3.05) is 6.61 Å². The number of fused-ring (bicyclic) bond motifs is 1. The molecule has 0 aromatic rings. The minimum absolute atomic E-state index is 0.121. The van der Waals surface area contributed by atoms with Gasteiger partial charge in [-0.25, -0.2) is 4.79 Å². The Labute approximate surface area is 79.4 Å². The summed E-state index contributed by atoms with van der Waals surface area (Å²) in [6.07, 6.45) is -0.626. The zero-order valence-electron chi connectivity index (χ0n) is 7.43. The number of aliphatic hydroxyl groups excluding tert-OH is 1. The van der Waals surface area contributed by atoms with Gasteiger partial charge >= 0.3 is 5.97 Å². The van der Waals surface area contributed by atoms with E-state index < -0.39 is 24.0 Å². The van der Waals surface area contributed by atoms with Crippen LogP contribution >= 0.6 is 0 Å². The van der Waals surface area contributed by atoms with Crippen LogP contribution in [0.2, 0.25) is 0 Å². The van der Waals surface area contributed by atoms with E-state index in [-0.39, 0.29) is 18.1 Å². The molecule has 76 valence electrons. The predicted octanol–water partition coefficient (Wildman–Crippen LogP) is -0.891. The summed E-state index contributed by atoms with van der Waals surface area (Å²) in [5, 5.41) is 17.6. The summed E-state index contributed by atoms with van der Waals surface area (Å²) < 4.78 is 5.15. The summed E-state index contributed by atoms with van der Waals surface area (Å²) in [5.74, 6) is -1.99. The fourth-order valence-corrected chi connectivity index (χ4v) is 1.72. The maximum atomic E-state index is 11.3. The first-order valence-corrected chi connectivity index (χ1v) is 4.12. The lowest BCUT2D eigenvalue weighted by Crippen LogP contribution is -2.60. The van der Waals surface area contributed by atoms with Gasteiger partial charge in [0.05, 0.1) is 6.61 Å². The van der Waals surface area contributed by atoms with E-state index in [1.54, 1.807) is 0 Å². The lowest BCUT2D eigenvalue weighted by molar-refractivity contribution is -0.175. The van der Waals surface area contributed by atoms with Crippen molar-refractivity contribution in [1.82, 2.24) is 4.90 Å². The van der Waals surface area contributed by atoms with Gasteiger partial charge in [-0.3, -0.25) is 9.69 Å². The minimum Gasteiger partial charge on any atom is -0.476 e. The molecule has 14 heavy (non-hydrogen) atoms. The molecule has 1 fully saturated rings. The number of carbonyl (C=O) groups is 2. The summed E-state index contributed by atoms with van der Waals surface area (Å²) in [5.41, 5.74) is -0.121. The fraction of sp³-hybridized carbons (Fsp3) is 0.500. The summed E-state index contributed by atoms with van der Waals surface area (Å²) in [7, 11) is 0. The molecule has 1 amide bonds. The van der Waals surface area contributed by atoms with Crippen LogP contribution in [0.3, 0.4) is 0 Å². The Morgan fingerprint density at radius 1 is 1.64 bits per heavy atom. The van der Waals surface area contributed by atoms with Crippen LogP contribution in [0.5, 0.6) is 0 Å². The highest BCUT2D eigenvalue weighted by atomic mass is 16.5. The number of aliphatic carboxylic acids is 1. The van der Waals surface area contributed by atoms with Crippen LogP contribution in [-0.2, 0) is 14.3 Å². The van der Waals surface area contributed by atoms with Gasteiger partial charge in [-0.05, 0) is 6.92 Å². The van der Waals surface area contributed by atoms with Gasteiger partial charge in [-0.2, -0.15) is 0 Å². The van der Waals surface area contributed by atoms with Gasteiger partial charge in [0, 0.05) is 0 Å². The van der Waals surface area contributed by atoms with Crippen LogP contribution in [0.4, 0.5) is 0 Å². The number of aliphatic hydroxyl groups is 1. The van der Waals surface area contributed by atoms with Gasteiger partial charge in [-0.15, -0.1) is 0 Å². The second-order valence-corrected chi connectivity index (χ2v) is 3.22. The zero-order chi connectivity index (χ0) is 10.5. The molecule has 2 aliphatic heterocycles. The van der Waals surface area contributed by atoms with Crippen molar-refractivity contribution in [3.63, 3.8) is 0 Å². The molecule has 6 heteroatoms. The molecule has 0 radical (unpaired) electrons. The molecule has 0 bridgehead atoms. The van der Waals surface area contributed by atoms with E-state index in [2.05, 4.69) is 0 Å². The first-order valence-electron chi connectivity index (χ1n) is 4.12. The number of amides is 1. The van der Waals surface area contributed by atoms with Crippen molar-refractivity contribution in [1.29, 1.82) is 0 Å². The van der Waals surface area contributed by atoms with E-state index in [0.717, 1.165) is 4.90 Å². The van der Waals surface area contributed by atoms with E-state index in [9.17, 15) is 9.59 Å². The standard InChI is InChI=1S/C8H9NO5/c1-3-5(8(12)13)9-6(11)4(2-10)7(9)14-3/h4,7,10H,2H2,1H3,(H,12,13). The Bertz CT molecular complexity index is 348. The van der Waals surface area contributed by atoms with Crippen LogP contribution in [0, 0.1) is 5.92 Å². The van der Waals surface area contributed by atoms with Crippen LogP contribution in [0.25, 0.3) is 0 Å². The third-order valence-electron chi connectivity index (χ3n) is 2.42. The number of rotatable bonds is 2. The molecule has 2 aliphatic rings. The SMILES string of the molecule is CC1=C(C(=O)O)N2C(=O)C(CO)C2O1. The van der Waals surface area contributed by atoms with Gasteiger partial charge in [0.1, 0.15) is 11.7 Å². The van der Waals surface area contributed by atoms with Gasteiger partial charge in [0.2, 0.25) is 5.91 Å². The Morgan fingerprint density at radius 3 is 2.79 bits per heavy atom. The van der Waals surface area contributed by atoms with Crippen molar-refractivity contribution in [2.24, 2.45) is 5.92 Å². The molecule has 0 aromatic heterocycles. The number of carbonyl (C=O) groups excluding carboxylic acids is 1. The smallest absolute Gasteiger partial charge is 0.356 e. The molecule has 0 spiro atoms. The Hall–Kier alpha value is -1.56. The number of hydrogen-bond acceptors (Lipinski definition) is 4. The molecule has 0 aliphatic carbocycles. The number of β-lactam (4-membered cyclic amide) rings is 1. The lowest BCUT2D eigenvalue weighted by atomic mass is 9.97. The molecule has 2 heterocycles. The van der Waals surface area contributed by atoms with E-state index in [1.165, 1.54) is 6.92 Å². The Balaban J connectivity index is 2.27. The minimum atomic E-state index is -1.19. The average Bonchev–Trinajstić information content (AvgIpc) is 2.40. The first-order chi connectivity index (χ1) is 6.57. The lowest BCUT2D eigenvalue weighted by Gasteiger charge is -2.39. The topological polar surface area (TPSA) is 87.1 Å². The quantitative estimate of drug-likeness (QED) is 0.563. The molecule has 1 saturated heterocycles. The summed E-state index contributed by atoms with van der Waals surface area (Å²) in [6.45, 7) is 1.17. The number of ether oxygens (including phenoxy) is 1. The highest BCUT2D eigenvalue weighted by molar-refractivity contribution is 5.98. The number of hydrogen-bond donors (Lipinski definition) is 2. The highest BCUT2D eigenvalue weighted by Crippen LogP contribution is 2.39. The number of allylic oxidation sites excluding steroid dienone is 1. The molecular weight excluding hydrogens is 190 g/mol. The zero-order valence-corrected chi connectivity index (χ0v) is 7.43. The van der Waals surface area contributed by atoms with Crippen LogP contribution in [0.15, 0.2) is 11.5 Å². The van der Waals surface area contributed by atoms with Crippen molar-refractivity contribution in [3.05, 3.63) is 11.5 Å². The van der Waals surface area contributed by atoms with Crippen molar-refractivity contribution >= 4 is 11.9 Å². The molecule has 0 aromatic carbocycles. The van der Waals surface area contributed by atoms with Crippen LogP contribution in [-0.4, -0.2) is 39.8 Å². The summed E-state index contributed by atoms with van der Waals surface area (Å²) >= 11 is 0. The summed E-state index contributed by atoms with van der Waals surface area (Å²) in [4.78, 5) is 23.1. The van der Waals surface area contributed by atoms with Crippen molar-refractivity contribution < 1.29 is 24.5 Å². The monoisotopic (exact) mass is 199 g/mol. The largest absolute Gasteiger partial charge is 0.476 e. The van der Waals surface area contributed by atoms with E-state index in [0.29, 0.717) is 0 Å². The number of nitrogens with zero attached hydrogens (tertiary/aromatic N) is 1. The average molecular weight is 199 g/mol. The molecule has 0 saturated carbocycles. The van der Waals surface area contributed by atoms with E-state index in [4.69, 9.17) is 14.9 Å². The van der Waals surface area contributed by atoms with Gasteiger partial charge in [0.25, 0.3) is 0 Å². The molecule has 2 atom stereocenters. The molecule has 6 nitrogen and oxygen atoms in total. The van der Waals surface area contributed by atoms with Gasteiger partial charge in [-0.1, -0.05) is 0 Å². The molecular formula is C8H9NO5. The second-order valence-electron chi connectivity index (χ2n) is 3.22. The maximum absolute atomic E-state index is 11.3. The summed E-state index contributed by atoms with van der Waals surface area (Å²) in [6, 6.07) is 0. The van der Waals surface area contributed by atoms with Gasteiger partial charge in [0.15, 0.2) is 11.9 Å². The van der Waals surface area contributed by atoms with Crippen LogP contribution in [0.1, 0.15) is 6.92 Å². The number of carboxylic acid groups (broad SMARTS) is 1. The fourth-order valence-electron chi connectivity index (χ4n) is 1.72. The van der Waals surface area contributed by atoms with Crippen molar-refractivity contribution in [3.8, 4) is 0 Å². The third kappa shape index (κ3) is 0.884. The molecule has 2 N–H and O–H groups in total. The van der Waals surface area contributed by atoms with E-state index >= 15 is 0 Å². The molecule has 2 unspecified atom stereocenters.